The zero-order chi connectivity index (χ0) is 54.3. The largest absolute Gasteiger partial charge is 0.462 e. The van der Waals surface area contributed by atoms with Gasteiger partial charge in [0.2, 0.25) is 0 Å². The molecule has 0 radical (unpaired) electrons. The first-order valence-electron chi connectivity index (χ1n) is 33.5. The van der Waals surface area contributed by atoms with E-state index >= 15 is 0 Å². The van der Waals surface area contributed by atoms with Crippen molar-refractivity contribution in [1.29, 1.82) is 0 Å². The van der Waals surface area contributed by atoms with Gasteiger partial charge in [0.15, 0.2) is 6.10 Å². The number of unbranched alkanes of at least 4 members (excludes halogenated alkanes) is 45. The summed E-state index contributed by atoms with van der Waals surface area (Å²) in [4.78, 5) is 38.2. The Labute approximate surface area is 467 Å². The van der Waals surface area contributed by atoms with E-state index in [0.717, 1.165) is 70.6 Å². The monoisotopic (exact) mass is 1050 g/mol. The third-order valence-electron chi connectivity index (χ3n) is 15.1. The zero-order valence-electron chi connectivity index (χ0n) is 50.6. The quantitative estimate of drug-likeness (QED) is 0.0261. The number of rotatable bonds is 62. The maximum atomic E-state index is 12.9. The van der Waals surface area contributed by atoms with Gasteiger partial charge in [-0.25, -0.2) is 0 Å². The SMILES string of the molecule is CCCCCCC/C=C\C/C=C\CCCCCCCCCCCCCCCCCCCCCC(=O)OCC(COC(=O)CCCCCCCCCCCC)OC(=O)CCCCCCC/C=C\CCCCCCCCC. The van der Waals surface area contributed by atoms with Gasteiger partial charge in [-0.1, -0.05) is 308 Å². The number of ether oxygens (including phenoxy) is 3. The average molecular weight is 1050 g/mol. The molecule has 6 nitrogen and oxygen atoms in total. The Bertz CT molecular complexity index is 1250. The summed E-state index contributed by atoms with van der Waals surface area (Å²) in [6, 6.07) is 0. The number of carbonyl (C=O) groups is 3. The van der Waals surface area contributed by atoms with Crippen molar-refractivity contribution >= 4 is 17.9 Å². The van der Waals surface area contributed by atoms with E-state index in [2.05, 4.69) is 57.2 Å². The van der Waals surface area contributed by atoms with Crippen molar-refractivity contribution in [2.24, 2.45) is 0 Å². The molecule has 0 aliphatic carbocycles. The summed E-state index contributed by atoms with van der Waals surface area (Å²) in [7, 11) is 0. The highest BCUT2D eigenvalue weighted by Crippen LogP contribution is 2.18. The molecule has 440 valence electrons. The van der Waals surface area contributed by atoms with Gasteiger partial charge in [0, 0.05) is 19.3 Å². The molecule has 0 rings (SSSR count). The van der Waals surface area contributed by atoms with Crippen LogP contribution in [0.3, 0.4) is 0 Å². The number of carbonyl (C=O) groups excluding carboxylic acids is 3. The molecule has 0 saturated carbocycles. The number of hydrogen-bond donors (Lipinski definition) is 0. The Morgan fingerprint density at radius 3 is 0.747 bits per heavy atom. The van der Waals surface area contributed by atoms with Gasteiger partial charge in [-0.15, -0.1) is 0 Å². The highest BCUT2D eigenvalue weighted by atomic mass is 16.6. The van der Waals surface area contributed by atoms with Gasteiger partial charge in [0.25, 0.3) is 0 Å². The van der Waals surface area contributed by atoms with Gasteiger partial charge in [0.1, 0.15) is 13.2 Å². The molecule has 0 aliphatic rings. The Morgan fingerprint density at radius 2 is 0.480 bits per heavy atom. The van der Waals surface area contributed by atoms with Crippen LogP contribution >= 0.6 is 0 Å². The third kappa shape index (κ3) is 62.4. The fourth-order valence-corrected chi connectivity index (χ4v) is 10.1. The lowest BCUT2D eigenvalue weighted by Gasteiger charge is -2.18. The molecule has 0 amide bonds. The topological polar surface area (TPSA) is 78.9 Å². The first kappa shape index (κ1) is 72.6. The highest BCUT2D eigenvalue weighted by Gasteiger charge is 2.19. The Hall–Kier alpha value is -2.37. The Balaban J connectivity index is 4.08. The fourth-order valence-electron chi connectivity index (χ4n) is 10.1. The van der Waals surface area contributed by atoms with Gasteiger partial charge >= 0.3 is 17.9 Å². The van der Waals surface area contributed by atoms with E-state index in [9.17, 15) is 14.4 Å². The van der Waals surface area contributed by atoms with Crippen molar-refractivity contribution in [2.75, 3.05) is 13.2 Å². The average Bonchev–Trinajstić information content (AvgIpc) is 3.41. The molecule has 0 aromatic rings. The summed E-state index contributed by atoms with van der Waals surface area (Å²) in [6.45, 7) is 6.66. The standard InChI is InChI=1S/C69H128O6/c1-4-7-10-13-16-19-22-24-26-28-29-30-31-32-33-34-35-36-37-38-39-40-41-42-44-45-47-50-53-56-59-62-68(71)74-65-66(64-73-67(70)61-58-55-52-49-21-18-15-12-9-6-3)75-69(72)63-60-57-54-51-48-46-43-27-25-23-20-17-14-11-8-5-2/h22,24,27-29,43,66H,4-21,23,25-26,30-42,44-65H2,1-3H3/b24-22-,29-28-,43-27-. The van der Waals surface area contributed by atoms with Crippen LogP contribution in [0.5, 0.6) is 0 Å². The number of esters is 3. The molecule has 0 aliphatic heterocycles. The van der Waals surface area contributed by atoms with Gasteiger partial charge in [-0.2, -0.15) is 0 Å². The first-order valence-corrected chi connectivity index (χ1v) is 33.5. The summed E-state index contributed by atoms with van der Waals surface area (Å²) < 4.78 is 16.9. The fraction of sp³-hybridized carbons (Fsp3) is 0.870. The summed E-state index contributed by atoms with van der Waals surface area (Å²) >= 11 is 0. The molecule has 0 spiro atoms. The maximum Gasteiger partial charge on any atom is 0.306 e. The van der Waals surface area contributed by atoms with Gasteiger partial charge in [-0.05, 0) is 77.0 Å². The Morgan fingerprint density at radius 1 is 0.267 bits per heavy atom. The lowest BCUT2D eigenvalue weighted by Crippen LogP contribution is -2.30. The van der Waals surface area contributed by atoms with Crippen LogP contribution in [-0.4, -0.2) is 37.2 Å². The minimum absolute atomic E-state index is 0.0700. The molecular formula is C69H128O6. The van der Waals surface area contributed by atoms with Crippen LogP contribution in [0.2, 0.25) is 0 Å². The van der Waals surface area contributed by atoms with E-state index in [-0.39, 0.29) is 31.1 Å². The summed E-state index contributed by atoms with van der Waals surface area (Å²) in [5.74, 6) is -0.857. The van der Waals surface area contributed by atoms with E-state index in [1.807, 2.05) is 0 Å². The van der Waals surface area contributed by atoms with Gasteiger partial charge in [-0.3, -0.25) is 14.4 Å². The molecule has 75 heavy (non-hydrogen) atoms. The smallest absolute Gasteiger partial charge is 0.306 e. The number of hydrogen-bond acceptors (Lipinski definition) is 6. The van der Waals surface area contributed by atoms with E-state index in [0.29, 0.717) is 19.3 Å². The van der Waals surface area contributed by atoms with Crippen molar-refractivity contribution in [3.8, 4) is 0 Å². The van der Waals surface area contributed by atoms with E-state index in [4.69, 9.17) is 14.2 Å². The van der Waals surface area contributed by atoms with E-state index < -0.39 is 6.10 Å². The Kier molecular flexibility index (Phi) is 62.1. The second-order valence-corrected chi connectivity index (χ2v) is 22.7. The van der Waals surface area contributed by atoms with Gasteiger partial charge < -0.3 is 14.2 Å². The zero-order valence-corrected chi connectivity index (χ0v) is 50.6. The third-order valence-corrected chi connectivity index (χ3v) is 15.1. The first-order chi connectivity index (χ1) is 37.0. The van der Waals surface area contributed by atoms with Crippen LogP contribution in [0, 0.1) is 0 Å². The molecule has 0 saturated heterocycles. The minimum Gasteiger partial charge on any atom is -0.462 e. The van der Waals surface area contributed by atoms with Crippen LogP contribution in [0.25, 0.3) is 0 Å². The molecule has 6 heteroatoms. The second kappa shape index (κ2) is 64.2. The maximum absolute atomic E-state index is 12.9. The molecule has 0 aromatic carbocycles. The highest BCUT2D eigenvalue weighted by molar-refractivity contribution is 5.71. The van der Waals surface area contributed by atoms with E-state index in [1.165, 1.54) is 257 Å². The molecule has 0 bridgehead atoms. The van der Waals surface area contributed by atoms with E-state index in [1.54, 1.807) is 0 Å². The van der Waals surface area contributed by atoms with Crippen molar-refractivity contribution in [3.05, 3.63) is 36.5 Å². The predicted octanol–water partition coefficient (Wildman–Crippen LogP) is 22.8. The summed E-state index contributed by atoms with van der Waals surface area (Å²) in [5.41, 5.74) is 0. The lowest BCUT2D eigenvalue weighted by atomic mass is 10.0. The van der Waals surface area contributed by atoms with Crippen molar-refractivity contribution in [1.82, 2.24) is 0 Å². The van der Waals surface area contributed by atoms with Crippen LogP contribution in [0.4, 0.5) is 0 Å². The molecule has 0 N–H and O–H groups in total. The molecule has 0 heterocycles. The normalized spacial score (nSPS) is 12.2. The molecule has 0 fully saturated rings. The second-order valence-electron chi connectivity index (χ2n) is 22.7. The van der Waals surface area contributed by atoms with Crippen molar-refractivity contribution in [3.63, 3.8) is 0 Å². The van der Waals surface area contributed by atoms with Crippen LogP contribution in [0.15, 0.2) is 36.5 Å². The van der Waals surface area contributed by atoms with Crippen molar-refractivity contribution in [2.45, 2.75) is 374 Å². The molecule has 1 atom stereocenters. The predicted molar refractivity (Wildman–Crippen MR) is 326 cm³/mol. The molecule has 0 aromatic heterocycles. The van der Waals surface area contributed by atoms with Crippen LogP contribution in [0.1, 0.15) is 367 Å². The summed E-state index contributed by atoms with van der Waals surface area (Å²) in [6.07, 6.45) is 78.9. The minimum atomic E-state index is -0.772. The van der Waals surface area contributed by atoms with Crippen LogP contribution in [-0.2, 0) is 28.6 Å². The van der Waals surface area contributed by atoms with Gasteiger partial charge in [0.05, 0.1) is 0 Å². The molecule has 1 unspecified atom stereocenters. The van der Waals surface area contributed by atoms with Crippen molar-refractivity contribution < 1.29 is 28.6 Å². The van der Waals surface area contributed by atoms with Crippen LogP contribution < -0.4 is 0 Å². The number of allylic oxidation sites excluding steroid dienone is 6. The lowest BCUT2D eigenvalue weighted by molar-refractivity contribution is -0.167. The molecular weight excluding hydrogens is 925 g/mol. The summed E-state index contributed by atoms with van der Waals surface area (Å²) in [5, 5.41) is 0.